The highest BCUT2D eigenvalue weighted by Gasteiger charge is 2.60. The van der Waals surface area contributed by atoms with E-state index in [2.05, 4.69) is 53.7 Å². The van der Waals surface area contributed by atoms with Crippen LogP contribution in [0, 0.1) is 46.3 Å². The van der Waals surface area contributed by atoms with Gasteiger partial charge in [0, 0.05) is 19.8 Å². The molecule has 9 atom stereocenters. The number of carbonyl (C=O) groups is 2. The van der Waals surface area contributed by atoms with Gasteiger partial charge in [0.05, 0.1) is 0 Å². The Balaban J connectivity index is 1.62. The first kappa shape index (κ1) is 27.5. The van der Waals surface area contributed by atoms with Crippen LogP contribution in [0.2, 0.25) is 0 Å². The first-order valence-corrected chi connectivity index (χ1v) is 14.6. The lowest BCUT2D eigenvalue weighted by Crippen LogP contribution is -2.54. The molecule has 4 nitrogen and oxygen atoms in total. The van der Waals surface area contributed by atoms with E-state index in [0.717, 1.165) is 32.1 Å². The molecule has 0 aromatic heterocycles. The molecule has 4 rings (SSSR count). The van der Waals surface area contributed by atoms with E-state index >= 15 is 0 Å². The van der Waals surface area contributed by atoms with E-state index in [1.165, 1.54) is 33.1 Å². The Labute approximate surface area is 219 Å². The van der Waals surface area contributed by atoms with Gasteiger partial charge in [0.15, 0.2) is 0 Å². The lowest BCUT2D eigenvalue weighted by molar-refractivity contribution is -0.168. The summed E-state index contributed by atoms with van der Waals surface area (Å²) >= 11 is 0. The Morgan fingerprint density at radius 2 is 1.69 bits per heavy atom. The number of ether oxygens (including phenoxy) is 2. The molecule has 0 spiro atoms. The van der Waals surface area contributed by atoms with Gasteiger partial charge in [0.1, 0.15) is 12.2 Å². The van der Waals surface area contributed by atoms with E-state index in [4.69, 9.17) is 9.47 Å². The van der Waals surface area contributed by atoms with E-state index < -0.39 is 0 Å². The third-order valence-electron chi connectivity index (χ3n) is 11.1. The minimum absolute atomic E-state index is 0.0106. The van der Waals surface area contributed by atoms with E-state index in [-0.39, 0.29) is 40.9 Å². The maximum atomic E-state index is 12.2. The fourth-order valence-corrected chi connectivity index (χ4v) is 8.73. The van der Waals surface area contributed by atoms with E-state index in [1.807, 2.05) is 0 Å². The van der Waals surface area contributed by atoms with Crippen molar-refractivity contribution in [1.82, 2.24) is 0 Å². The fourth-order valence-electron chi connectivity index (χ4n) is 8.73. The number of fused-ring (bicyclic) bond motifs is 5. The van der Waals surface area contributed by atoms with E-state index in [9.17, 15) is 9.59 Å². The van der Waals surface area contributed by atoms with Crippen LogP contribution in [0.4, 0.5) is 0 Å². The minimum atomic E-state index is -0.211. The number of esters is 2. The maximum absolute atomic E-state index is 12.2. The van der Waals surface area contributed by atoms with Crippen molar-refractivity contribution >= 4 is 11.9 Å². The molecule has 0 amide bonds. The van der Waals surface area contributed by atoms with Gasteiger partial charge in [-0.15, -0.1) is 0 Å². The molecule has 0 aliphatic heterocycles. The van der Waals surface area contributed by atoms with Gasteiger partial charge in [0.2, 0.25) is 0 Å². The number of carbonyl (C=O) groups excluding carboxylic acids is 2. The van der Waals surface area contributed by atoms with Crippen molar-refractivity contribution in [3.63, 3.8) is 0 Å². The van der Waals surface area contributed by atoms with Crippen LogP contribution >= 0.6 is 0 Å². The molecular weight excluding hydrogens is 448 g/mol. The molecule has 0 bridgehead atoms. The second-order valence-corrected chi connectivity index (χ2v) is 13.5. The van der Waals surface area contributed by atoms with Gasteiger partial charge in [-0.3, -0.25) is 9.59 Å². The second kappa shape index (κ2) is 10.3. The van der Waals surface area contributed by atoms with E-state index in [1.54, 1.807) is 11.1 Å². The van der Waals surface area contributed by atoms with Crippen LogP contribution in [-0.2, 0) is 19.1 Å². The van der Waals surface area contributed by atoms with Crippen LogP contribution in [0.25, 0.3) is 0 Å². The van der Waals surface area contributed by atoms with Gasteiger partial charge in [0.25, 0.3) is 0 Å². The van der Waals surface area contributed by atoms with Crippen LogP contribution in [0.1, 0.15) is 107 Å². The monoisotopic (exact) mass is 498 g/mol. The molecular formula is C32H50O4. The molecule has 0 radical (unpaired) electrons. The Hall–Kier alpha value is -1.58. The van der Waals surface area contributed by atoms with Crippen molar-refractivity contribution in [2.45, 2.75) is 119 Å². The number of hydrogen-bond donors (Lipinski definition) is 0. The minimum Gasteiger partial charge on any atom is -0.463 e. The Bertz CT molecular complexity index is 915. The highest BCUT2D eigenvalue weighted by molar-refractivity contribution is 5.66. The van der Waals surface area contributed by atoms with Crippen molar-refractivity contribution in [2.24, 2.45) is 46.3 Å². The predicted molar refractivity (Wildman–Crippen MR) is 144 cm³/mol. The molecule has 4 heteroatoms. The average Bonchev–Trinajstić information content (AvgIpc) is 3.14. The molecule has 36 heavy (non-hydrogen) atoms. The van der Waals surface area contributed by atoms with Crippen LogP contribution in [0.5, 0.6) is 0 Å². The summed E-state index contributed by atoms with van der Waals surface area (Å²) in [6.45, 7) is 17.4. The smallest absolute Gasteiger partial charge is 0.302 e. The number of hydrogen-bond acceptors (Lipinski definition) is 4. The quantitative estimate of drug-likeness (QED) is 0.278. The number of rotatable bonds is 6. The molecule has 202 valence electrons. The van der Waals surface area contributed by atoms with E-state index in [0.29, 0.717) is 29.6 Å². The van der Waals surface area contributed by atoms with Crippen molar-refractivity contribution in [1.29, 1.82) is 0 Å². The standard InChI is InChI=1S/C32H50O4/c1-19(2)20(3)9-10-21(4)26-11-12-27-25-18-30(36-23(6)34)29-17-24(35-22(5)33)13-15-32(29,8)28(25)14-16-31(26,27)7/h10,14,19-20,24-27,29-30H,9,11-13,15-18H2,1-8H3/b21-10+/t20-,24?,25-,26+,27-,29?,30?,31+,32+/m0/s1. The summed E-state index contributed by atoms with van der Waals surface area (Å²) in [5, 5.41) is 0. The summed E-state index contributed by atoms with van der Waals surface area (Å²) in [7, 11) is 0. The highest BCUT2D eigenvalue weighted by atomic mass is 16.5. The normalized spacial score (nSPS) is 41.0. The van der Waals surface area contributed by atoms with Crippen molar-refractivity contribution in [3.05, 3.63) is 23.3 Å². The molecule has 3 unspecified atom stereocenters. The van der Waals surface area contributed by atoms with Gasteiger partial charge in [-0.05, 0) is 98.7 Å². The topological polar surface area (TPSA) is 52.6 Å². The summed E-state index contributed by atoms with van der Waals surface area (Å²) in [6.07, 6.45) is 13.4. The first-order chi connectivity index (χ1) is 16.9. The summed E-state index contributed by atoms with van der Waals surface area (Å²) in [5.74, 6) is 2.99. The zero-order chi connectivity index (χ0) is 26.4. The molecule has 4 aliphatic rings. The Kier molecular flexibility index (Phi) is 7.85. The third-order valence-corrected chi connectivity index (χ3v) is 11.1. The van der Waals surface area contributed by atoms with Crippen LogP contribution in [0.3, 0.4) is 0 Å². The molecule has 0 aromatic carbocycles. The van der Waals surface area contributed by atoms with Crippen LogP contribution in [0.15, 0.2) is 23.3 Å². The Morgan fingerprint density at radius 1 is 1.00 bits per heavy atom. The van der Waals surface area contributed by atoms with Gasteiger partial charge < -0.3 is 9.47 Å². The van der Waals surface area contributed by atoms with Crippen molar-refractivity contribution < 1.29 is 19.1 Å². The van der Waals surface area contributed by atoms with Gasteiger partial charge in [-0.2, -0.15) is 0 Å². The maximum Gasteiger partial charge on any atom is 0.302 e. The SMILES string of the molecule is CC(=O)OC1CC[C@]2(C)C3=CC[C@]4(C)[C@@H](/C(C)=C/C[C@H](C)C(C)C)CC[C@H]4[C@@H]3CC(OC(C)=O)C2C1. The third kappa shape index (κ3) is 4.95. The molecule has 3 saturated carbocycles. The van der Waals surface area contributed by atoms with Gasteiger partial charge in [-0.25, -0.2) is 0 Å². The van der Waals surface area contributed by atoms with Crippen molar-refractivity contribution in [2.75, 3.05) is 0 Å². The second-order valence-electron chi connectivity index (χ2n) is 13.5. The first-order valence-electron chi connectivity index (χ1n) is 14.6. The average molecular weight is 499 g/mol. The van der Waals surface area contributed by atoms with Gasteiger partial charge in [-0.1, -0.05) is 57.9 Å². The summed E-state index contributed by atoms with van der Waals surface area (Å²) in [5.41, 5.74) is 3.49. The summed E-state index contributed by atoms with van der Waals surface area (Å²) in [4.78, 5) is 23.9. The fraction of sp³-hybridized carbons (Fsp3) is 0.812. The number of allylic oxidation sites excluding steroid dienone is 4. The predicted octanol–water partition coefficient (Wildman–Crippen LogP) is 7.67. The zero-order valence-corrected chi connectivity index (χ0v) is 24.1. The summed E-state index contributed by atoms with van der Waals surface area (Å²) < 4.78 is 11.7. The van der Waals surface area contributed by atoms with Crippen molar-refractivity contribution in [3.8, 4) is 0 Å². The Morgan fingerprint density at radius 3 is 2.33 bits per heavy atom. The molecule has 4 aliphatic carbocycles. The highest BCUT2D eigenvalue weighted by Crippen LogP contribution is 2.66. The molecule has 3 fully saturated rings. The molecule has 0 aromatic rings. The molecule has 0 N–H and O–H groups in total. The largest absolute Gasteiger partial charge is 0.463 e. The molecule has 0 saturated heterocycles. The molecule has 0 heterocycles. The van der Waals surface area contributed by atoms with Gasteiger partial charge >= 0.3 is 11.9 Å². The lowest BCUT2D eigenvalue weighted by Gasteiger charge is -2.58. The summed E-state index contributed by atoms with van der Waals surface area (Å²) in [6, 6.07) is 0. The lowest BCUT2D eigenvalue weighted by atomic mass is 9.47. The van der Waals surface area contributed by atoms with Crippen LogP contribution < -0.4 is 0 Å². The van der Waals surface area contributed by atoms with Crippen LogP contribution in [-0.4, -0.2) is 24.1 Å². The zero-order valence-electron chi connectivity index (χ0n) is 24.1.